The highest BCUT2D eigenvalue weighted by molar-refractivity contribution is 5.85. The molecule has 0 atom stereocenters. The molecule has 0 amide bonds. The van der Waals surface area contributed by atoms with Crippen LogP contribution in [0.25, 0.3) is 0 Å². The first-order chi connectivity index (χ1) is 3.41. The maximum Gasteiger partial charge on any atom is 0.107 e. The Labute approximate surface area is 55.8 Å². The van der Waals surface area contributed by atoms with E-state index in [1.165, 1.54) is 0 Å². The molecule has 0 saturated carbocycles. The van der Waals surface area contributed by atoms with Crippen LogP contribution in [0.3, 0.4) is 0 Å². The fourth-order valence-electron chi connectivity index (χ4n) is 0.214. The monoisotopic (exact) mass is 135 g/mol. The Morgan fingerprint density at radius 3 is 2.62 bits per heavy atom. The van der Waals surface area contributed by atoms with Crippen LogP contribution in [0.15, 0.2) is 0 Å². The molecule has 0 bridgehead atoms. The summed E-state index contributed by atoms with van der Waals surface area (Å²) >= 11 is 0. The van der Waals surface area contributed by atoms with Crippen molar-refractivity contribution in [3.05, 3.63) is 0 Å². The summed E-state index contributed by atoms with van der Waals surface area (Å²) in [5, 5.41) is 0. The lowest BCUT2D eigenvalue weighted by Crippen LogP contribution is -2.07. The second-order valence-electron chi connectivity index (χ2n) is 1.05. The van der Waals surface area contributed by atoms with Crippen molar-refractivity contribution in [1.82, 2.24) is 0 Å². The van der Waals surface area contributed by atoms with Gasteiger partial charge in [0.15, 0.2) is 0 Å². The molecule has 0 aliphatic heterocycles. The van der Waals surface area contributed by atoms with Crippen LogP contribution in [-0.4, -0.2) is 19.8 Å². The zero-order valence-electron chi connectivity index (χ0n) is 4.59. The molecule has 0 aromatic rings. The predicted molar refractivity (Wildman–Crippen MR) is 36.0 cm³/mol. The number of ether oxygens (including phenoxy) is 1. The Kier molecular flexibility index (Phi) is 13.2. The minimum absolute atomic E-state index is 0. The number of nitrogens with two attached hydrogens (primary N) is 1. The lowest BCUT2D eigenvalue weighted by molar-refractivity contribution is 0.175. The van der Waals surface area contributed by atoms with Crippen LogP contribution in [-0.2, 0) is 4.74 Å². The third-order valence-electron chi connectivity index (χ3n) is 0.448. The number of hydrogen-bond acceptors (Lipinski definition) is 2. The highest BCUT2D eigenvalue weighted by Gasteiger charge is 1.75. The average molecular weight is 136 g/mol. The maximum atomic E-state index is 5.08. The first-order valence-corrected chi connectivity index (χ1v) is 2.13. The smallest absolute Gasteiger partial charge is 0.107 e. The van der Waals surface area contributed by atoms with Crippen molar-refractivity contribution in [2.45, 2.75) is 0 Å². The Balaban J connectivity index is 0. The van der Waals surface area contributed by atoms with E-state index in [4.69, 9.17) is 16.9 Å². The molecule has 3 heteroatoms. The third-order valence-corrected chi connectivity index (χ3v) is 0.448. The van der Waals surface area contributed by atoms with Gasteiger partial charge in [-0.05, 0) is 0 Å². The fourth-order valence-corrected chi connectivity index (χ4v) is 0.214. The normalized spacial score (nSPS) is 7.00. The number of halogens is 1. The molecule has 2 N–H and O–H groups in total. The Hall–Kier alpha value is -0.230. The zero-order valence-corrected chi connectivity index (χ0v) is 5.41. The summed E-state index contributed by atoms with van der Waals surface area (Å²) in [6, 6.07) is 0. The van der Waals surface area contributed by atoms with E-state index in [0.717, 1.165) is 0 Å². The van der Waals surface area contributed by atoms with Crippen molar-refractivity contribution in [1.29, 1.82) is 0 Å². The fraction of sp³-hybridized carbons (Fsp3) is 0.600. The van der Waals surface area contributed by atoms with Crippen LogP contribution < -0.4 is 5.73 Å². The molecule has 2 nitrogen and oxygen atoms in total. The van der Waals surface area contributed by atoms with Gasteiger partial charge >= 0.3 is 0 Å². The summed E-state index contributed by atoms with van der Waals surface area (Å²) in [6.07, 6.45) is 4.85. The Morgan fingerprint density at radius 2 is 2.25 bits per heavy atom. The van der Waals surface area contributed by atoms with Crippen molar-refractivity contribution >= 4 is 12.4 Å². The summed E-state index contributed by atoms with van der Waals surface area (Å²) in [7, 11) is 0. The van der Waals surface area contributed by atoms with Crippen molar-refractivity contribution in [3.8, 4) is 12.3 Å². The van der Waals surface area contributed by atoms with Gasteiger partial charge in [-0.3, -0.25) is 0 Å². The van der Waals surface area contributed by atoms with E-state index in [1.807, 2.05) is 0 Å². The van der Waals surface area contributed by atoms with E-state index < -0.39 is 0 Å². The van der Waals surface area contributed by atoms with Gasteiger partial charge in [0.25, 0.3) is 0 Å². The molecule has 0 aromatic carbocycles. The number of terminal acetylenes is 1. The molecule has 0 fully saturated rings. The van der Waals surface area contributed by atoms with E-state index in [1.54, 1.807) is 0 Å². The van der Waals surface area contributed by atoms with Crippen LogP contribution >= 0.6 is 12.4 Å². The molecule has 48 valence electrons. The summed E-state index contributed by atoms with van der Waals surface area (Å²) in [6.45, 7) is 1.48. The Morgan fingerprint density at radius 1 is 1.62 bits per heavy atom. The molecule has 0 spiro atoms. The molecule has 8 heavy (non-hydrogen) atoms. The molecule has 0 aliphatic carbocycles. The van der Waals surface area contributed by atoms with E-state index in [2.05, 4.69) is 5.92 Å². The van der Waals surface area contributed by atoms with Crippen LogP contribution in [0.5, 0.6) is 0 Å². The largest absolute Gasteiger partial charge is 0.367 e. The van der Waals surface area contributed by atoms with E-state index >= 15 is 0 Å². The lowest BCUT2D eigenvalue weighted by atomic mass is 10.7. The maximum absolute atomic E-state index is 5.08. The Bertz CT molecular complexity index is 69.3. The van der Waals surface area contributed by atoms with Crippen LogP contribution in [0.1, 0.15) is 0 Å². The molecule has 0 saturated heterocycles. The molecule has 0 heterocycles. The second-order valence-corrected chi connectivity index (χ2v) is 1.05. The zero-order chi connectivity index (χ0) is 5.54. The van der Waals surface area contributed by atoms with Crippen LogP contribution in [0.2, 0.25) is 0 Å². The minimum atomic E-state index is 0. The average Bonchev–Trinajstić information content (AvgIpc) is 1.69. The molecule has 0 unspecified atom stereocenters. The molecular formula is C5H10ClNO. The molecule has 0 rings (SSSR count). The van der Waals surface area contributed by atoms with Gasteiger partial charge in [0, 0.05) is 6.54 Å². The quantitative estimate of drug-likeness (QED) is 0.437. The van der Waals surface area contributed by atoms with Crippen molar-refractivity contribution in [2.75, 3.05) is 19.8 Å². The highest BCUT2D eigenvalue weighted by atomic mass is 35.5. The number of rotatable bonds is 3. The SMILES string of the molecule is C#CCOCCN.Cl. The van der Waals surface area contributed by atoms with Gasteiger partial charge in [-0.2, -0.15) is 0 Å². The summed E-state index contributed by atoms with van der Waals surface area (Å²) in [5.41, 5.74) is 5.08. The molecule has 0 radical (unpaired) electrons. The minimum Gasteiger partial charge on any atom is -0.367 e. The first kappa shape index (κ1) is 10.7. The third kappa shape index (κ3) is 9.24. The van der Waals surface area contributed by atoms with Crippen molar-refractivity contribution < 1.29 is 4.74 Å². The predicted octanol–water partition coefficient (Wildman–Crippen LogP) is 0.0167. The van der Waals surface area contributed by atoms with E-state index in [9.17, 15) is 0 Å². The first-order valence-electron chi connectivity index (χ1n) is 2.13. The van der Waals surface area contributed by atoms with E-state index in [-0.39, 0.29) is 12.4 Å². The lowest BCUT2D eigenvalue weighted by Gasteiger charge is -1.91. The number of hydrogen-bond donors (Lipinski definition) is 1. The van der Waals surface area contributed by atoms with Gasteiger partial charge in [0.05, 0.1) is 6.61 Å². The molecule has 0 aliphatic rings. The molecule has 0 aromatic heterocycles. The van der Waals surface area contributed by atoms with Gasteiger partial charge in [0.2, 0.25) is 0 Å². The van der Waals surface area contributed by atoms with Gasteiger partial charge in [-0.1, -0.05) is 5.92 Å². The summed E-state index contributed by atoms with van der Waals surface area (Å²) in [4.78, 5) is 0. The van der Waals surface area contributed by atoms with Crippen molar-refractivity contribution in [3.63, 3.8) is 0 Å². The van der Waals surface area contributed by atoms with Gasteiger partial charge < -0.3 is 10.5 Å². The van der Waals surface area contributed by atoms with Gasteiger partial charge in [0.1, 0.15) is 6.61 Å². The van der Waals surface area contributed by atoms with Crippen LogP contribution in [0.4, 0.5) is 0 Å². The van der Waals surface area contributed by atoms with Gasteiger partial charge in [-0.15, -0.1) is 18.8 Å². The summed E-state index contributed by atoms with van der Waals surface area (Å²) < 4.78 is 4.77. The topological polar surface area (TPSA) is 35.2 Å². The van der Waals surface area contributed by atoms with E-state index in [0.29, 0.717) is 19.8 Å². The summed E-state index contributed by atoms with van der Waals surface area (Å²) in [5.74, 6) is 2.32. The second kappa shape index (κ2) is 9.91. The van der Waals surface area contributed by atoms with Gasteiger partial charge in [-0.25, -0.2) is 0 Å². The standard InChI is InChI=1S/C5H9NO.ClH/c1-2-4-7-5-3-6;/h1H,3-6H2;1H. The van der Waals surface area contributed by atoms with Crippen molar-refractivity contribution in [2.24, 2.45) is 5.73 Å². The molecular weight excluding hydrogens is 126 g/mol. The van der Waals surface area contributed by atoms with Crippen LogP contribution in [0, 0.1) is 12.3 Å². The highest BCUT2D eigenvalue weighted by Crippen LogP contribution is 1.65.